The van der Waals surface area contributed by atoms with Gasteiger partial charge in [-0.05, 0) is 37.8 Å². The fourth-order valence-electron chi connectivity index (χ4n) is 4.74. The number of hydrogen-bond acceptors (Lipinski definition) is 3. The Kier molecular flexibility index (Phi) is 4.59. The Balaban J connectivity index is 1.52. The summed E-state index contributed by atoms with van der Waals surface area (Å²) in [7, 11) is 0. The highest BCUT2D eigenvalue weighted by atomic mass is 16.3. The lowest BCUT2D eigenvalue weighted by molar-refractivity contribution is 0.00511. The maximum atomic E-state index is 10.3. The molecule has 1 aliphatic heterocycles. The number of aryl methyl sites for hydroxylation is 1. The van der Waals surface area contributed by atoms with Gasteiger partial charge in [0.25, 0.3) is 0 Å². The number of aliphatic hydroxyl groups is 1. The minimum atomic E-state index is -0.115. The molecule has 2 aromatic rings. The zero-order valence-corrected chi connectivity index (χ0v) is 14.7. The van der Waals surface area contributed by atoms with E-state index in [1.54, 1.807) is 0 Å². The van der Waals surface area contributed by atoms with Crippen molar-refractivity contribution in [1.82, 2.24) is 14.5 Å². The Hall–Kier alpha value is -1.39. The topological polar surface area (TPSA) is 41.3 Å². The van der Waals surface area contributed by atoms with E-state index >= 15 is 0 Å². The molecule has 2 unspecified atom stereocenters. The first kappa shape index (κ1) is 16.1. The molecule has 2 atom stereocenters. The Bertz CT molecular complexity index is 687. The van der Waals surface area contributed by atoms with E-state index in [0.29, 0.717) is 12.1 Å². The summed E-state index contributed by atoms with van der Waals surface area (Å²) in [5, 5.41) is 10.3. The van der Waals surface area contributed by atoms with Gasteiger partial charge in [-0.25, -0.2) is 4.98 Å². The predicted molar refractivity (Wildman–Crippen MR) is 97.2 cm³/mol. The summed E-state index contributed by atoms with van der Waals surface area (Å²) in [5.41, 5.74) is 2.41. The van der Waals surface area contributed by atoms with Gasteiger partial charge in [-0.15, -0.1) is 0 Å². The van der Waals surface area contributed by atoms with E-state index in [-0.39, 0.29) is 6.10 Å². The highest BCUT2D eigenvalue weighted by Gasteiger charge is 2.32. The minimum absolute atomic E-state index is 0.115. The van der Waals surface area contributed by atoms with Crippen LogP contribution in [0.5, 0.6) is 0 Å². The third kappa shape index (κ3) is 2.86. The number of benzene rings is 1. The number of likely N-dealkylation sites (tertiary alicyclic amines) is 1. The van der Waals surface area contributed by atoms with E-state index < -0.39 is 0 Å². The summed E-state index contributed by atoms with van der Waals surface area (Å²) in [6, 6.07) is 9.46. The van der Waals surface area contributed by atoms with Gasteiger partial charge in [-0.3, -0.25) is 4.90 Å². The highest BCUT2D eigenvalue weighted by molar-refractivity contribution is 5.76. The average Bonchev–Trinajstić information content (AvgIpc) is 3.01. The Morgan fingerprint density at radius 3 is 2.58 bits per heavy atom. The molecule has 2 heterocycles. The number of aliphatic hydroxyl groups excluding tert-OH is 1. The molecule has 1 aromatic heterocycles. The van der Waals surface area contributed by atoms with Gasteiger partial charge in [-0.1, -0.05) is 31.9 Å². The molecule has 1 saturated carbocycles. The second kappa shape index (κ2) is 6.85. The van der Waals surface area contributed by atoms with Crippen molar-refractivity contribution in [3.05, 3.63) is 30.1 Å². The van der Waals surface area contributed by atoms with Crippen molar-refractivity contribution in [2.75, 3.05) is 13.1 Å². The lowest BCUT2D eigenvalue weighted by atomic mass is 9.89. The average molecular weight is 327 g/mol. The molecule has 1 aromatic carbocycles. The zero-order chi connectivity index (χ0) is 16.5. The highest BCUT2D eigenvalue weighted by Crippen LogP contribution is 2.32. The smallest absolute Gasteiger partial charge is 0.109 e. The maximum absolute atomic E-state index is 10.3. The van der Waals surface area contributed by atoms with Gasteiger partial charge in [0, 0.05) is 31.6 Å². The van der Waals surface area contributed by atoms with Crippen LogP contribution in [0.25, 0.3) is 11.0 Å². The van der Waals surface area contributed by atoms with Crippen LogP contribution in [0.3, 0.4) is 0 Å². The van der Waals surface area contributed by atoms with E-state index in [2.05, 4.69) is 40.7 Å². The van der Waals surface area contributed by atoms with Crippen LogP contribution in [0.1, 0.15) is 57.3 Å². The molecule has 0 spiro atoms. The number of aromatic nitrogens is 2. The Labute approximate surface area is 144 Å². The SMILES string of the molecule is CCc1nc2ccccc2n1C1CCN(C2CCCCC2O)CC1. The molecule has 4 heteroatoms. The third-order valence-corrected chi connectivity index (χ3v) is 6.01. The Morgan fingerprint density at radius 1 is 1.08 bits per heavy atom. The molecule has 1 saturated heterocycles. The molecule has 4 rings (SSSR count). The molecule has 1 N–H and O–H groups in total. The first-order chi connectivity index (χ1) is 11.8. The molecule has 0 bridgehead atoms. The van der Waals surface area contributed by atoms with Gasteiger partial charge in [0.1, 0.15) is 5.82 Å². The molecule has 2 fully saturated rings. The van der Waals surface area contributed by atoms with Crippen molar-refractivity contribution >= 4 is 11.0 Å². The Morgan fingerprint density at radius 2 is 1.83 bits per heavy atom. The van der Waals surface area contributed by atoms with Crippen molar-refractivity contribution in [2.45, 2.75) is 70.1 Å². The van der Waals surface area contributed by atoms with Crippen LogP contribution in [0.4, 0.5) is 0 Å². The summed E-state index contributed by atoms with van der Waals surface area (Å²) >= 11 is 0. The monoisotopic (exact) mass is 327 g/mol. The fourth-order valence-corrected chi connectivity index (χ4v) is 4.74. The number of rotatable bonds is 3. The van der Waals surface area contributed by atoms with Gasteiger partial charge in [-0.2, -0.15) is 0 Å². The number of hydrogen-bond donors (Lipinski definition) is 1. The standard InChI is InChI=1S/C20H29N3O/c1-2-20-21-16-7-3-4-8-17(16)23(20)15-11-13-22(14-12-15)18-9-5-6-10-19(18)24/h3-4,7-8,15,18-19,24H,2,5-6,9-14H2,1H3. The molecular weight excluding hydrogens is 298 g/mol. The van der Waals surface area contributed by atoms with Gasteiger partial charge in [0.2, 0.25) is 0 Å². The van der Waals surface area contributed by atoms with Gasteiger partial charge < -0.3 is 9.67 Å². The first-order valence-corrected chi connectivity index (χ1v) is 9.66. The summed E-state index contributed by atoms with van der Waals surface area (Å²) < 4.78 is 2.49. The summed E-state index contributed by atoms with van der Waals surface area (Å²) in [4.78, 5) is 7.38. The fraction of sp³-hybridized carbons (Fsp3) is 0.650. The molecular formula is C20H29N3O. The van der Waals surface area contributed by atoms with Crippen molar-refractivity contribution in [2.24, 2.45) is 0 Å². The second-order valence-corrected chi connectivity index (χ2v) is 7.43. The van der Waals surface area contributed by atoms with Crippen molar-refractivity contribution in [3.8, 4) is 0 Å². The van der Waals surface area contributed by atoms with Crippen LogP contribution < -0.4 is 0 Å². The van der Waals surface area contributed by atoms with Crippen LogP contribution in [0, 0.1) is 0 Å². The molecule has 2 aliphatic rings. The number of piperidine rings is 1. The maximum Gasteiger partial charge on any atom is 0.109 e. The molecule has 0 radical (unpaired) electrons. The summed E-state index contributed by atoms with van der Waals surface area (Å²) in [5.74, 6) is 1.22. The van der Waals surface area contributed by atoms with Crippen LogP contribution in [0.2, 0.25) is 0 Å². The summed E-state index contributed by atoms with van der Waals surface area (Å²) in [6.45, 7) is 4.40. The second-order valence-electron chi connectivity index (χ2n) is 7.43. The van der Waals surface area contributed by atoms with E-state index in [1.807, 2.05) is 0 Å². The molecule has 130 valence electrons. The third-order valence-electron chi connectivity index (χ3n) is 6.01. The van der Waals surface area contributed by atoms with Gasteiger partial charge in [0.05, 0.1) is 17.1 Å². The number of imidazole rings is 1. The summed E-state index contributed by atoms with van der Waals surface area (Å²) in [6.07, 6.45) is 7.80. The van der Waals surface area contributed by atoms with Crippen molar-refractivity contribution < 1.29 is 5.11 Å². The first-order valence-electron chi connectivity index (χ1n) is 9.66. The number of para-hydroxylation sites is 2. The molecule has 0 amide bonds. The number of nitrogens with zero attached hydrogens (tertiary/aromatic N) is 3. The van der Waals surface area contributed by atoms with Crippen LogP contribution in [-0.4, -0.2) is 44.8 Å². The van der Waals surface area contributed by atoms with E-state index in [4.69, 9.17) is 4.98 Å². The lowest BCUT2D eigenvalue weighted by Gasteiger charge is -2.42. The largest absolute Gasteiger partial charge is 0.391 e. The van der Waals surface area contributed by atoms with Gasteiger partial charge >= 0.3 is 0 Å². The van der Waals surface area contributed by atoms with Crippen molar-refractivity contribution in [1.29, 1.82) is 0 Å². The van der Waals surface area contributed by atoms with Crippen LogP contribution in [-0.2, 0) is 6.42 Å². The van der Waals surface area contributed by atoms with Crippen molar-refractivity contribution in [3.63, 3.8) is 0 Å². The van der Waals surface area contributed by atoms with Gasteiger partial charge in [0.15, 0.2) is 0 Å². The van der Waals surface area contributed by atoms with E-state index in [0.717, 1.165) is 44.3 Å². The molecule has 1 aliphatic carbocycles. The molecule has 4 nitrogen and oxygen atoms in total. The lowest BCUT2D eigenvalue weighted by Crippen LogP contribution is -2.49. The van der Waals surface area contributed by atoms with E-state index in [1.165, 1.54) is 30.6 Å². The zero-order valence-electron chi connectivity index (χ0n) is 14.7. The quantitative estimate of drug-likeness (QED) is 0.937. The number of fused-ring (bicyclic) bond motifs is 1. The molecule has 24 heavy (non-hydrogen) atoms. The van der Waals surface area contributed by atoms with Crippen LogP contribution in [0.15, 0.2) is 24.3 Å². The van der Waals surface area contributed by atoms with E-state index in [9.17, 15) is 5.11 Å². The van der Waals surface area contributed by atoms with Crippen LogP contribution >= 0.6 is 0 Å². The minimum Gasteiger partial charge on any atom is -0.391 e. The normalized spacial score (nSPS) is 26.9. The predicted octanol–water partition coefficient (Wildman–Crippen LogP) is 3.54.